The van der Waals surface area contributed by atoms with E-state index < -0.39 is 0 Å². The molecule has 1 aliphatic rings. The summed E-state index contributed by atoms with van der Waals surface area (Å²) in [5, 5.41) is 9.40. The van der Waals surface area contributed by atoms with E-state index >= 15 is 0 Å². The van der Waals surface area contributed by atoms with Crippen molar-refractivity contribution in [3.05, 3.63) is 35.6 Å². The molecule has 0 N–H and O–H groups in total. The van der Waals surface area contributed by atoms with Crippen molar-refractivity contribution in [3.63, 3.8) is 0 Å². The zero-order valence-corrected chi connectivity index (χ0v) is 10.6. The lowest BCUT2D eigenvalue weighted by Gasteiger charge is -2.49. The fraction of sp³-hybridized carbons (Fsp3) is 0.533. The van der Waals surface area contributed by atoms with Gasteiger partial charge in [0.05, 0.1) is 11.5 Å². The average Bonchev–Trinajstić information content (AvgIpc) is 2.18. The SMILES string of the molecule is CC(C)(C)C1CC(C#N)(c2ccc(F)cc2)C1. The van der Waals surface area contributed by atoms with Gasteiger partial charge >= 0.3 is 0 Å². The van der Waals surface area contributed by atoms with E-state index in [-0.39, 0.29) is 16.6 Å². The predicted octanol–water partition coefficient (Wildman–Crippen LogP) is 4.04. The Morgan fingerprint density at radius 3 is 2.18 bits per heavy atom. The first-order valence-corrected chi connectivity index (χ1v) is 6.05. The molecule has 1 aromatic rings. The van der Waals surface area contributed by atoms with Crippen LogP contribution in [-0.4, -0.2) is 0 Å². The highest BCUT2D eigenvalue weighted by atomic mass is 19.1. The van der Waals surface area contributed by atoms with Crippen LogP contribution in [0.5, 0.6) is 0 Å². The molecule has 0 amide bonds. The Balaban J connectivity index is 2.21. The van der Waals surface area contributed by atoms with E-state index in [0.29, 0.717) is 5.92 Å². The second-order valence-electron chi connectivity index (χ2n) is 6.17. The van der Waals surface area contributed by atoms with Crippen LogP contribution in [0, 0.1) is 28.5 Å². The summed E-state index contributed by atoms with van der Waals surface area (Å²) < 4.78 is 12.9. The summed E-state index contributed by atoms with van der Waals surface area (Å²) in [7, 11) is 0. The maximum Gasteiger partial charge on any atom is 0.123 e. The Hall–Kier alpha value is -1.36. The van der Waals surface area contributed by atoms with Crippen molar-refractivity contribution in [2.45, 2.75) is 39.0 Å². The van der Waals surface area contributed by atoms with Gasteiger partial charge in [0.1, 0.15) is 5.82 Å². The number of nitrogens with zero attached hydrogens (tertiary/aromatic N) is 1. The third kappa shape index (κ3) is 2.07. The van der Waals surface area contributed by atoms with Crippen LogP contribution >= 0.6 is 0 Å². The van der Waals surface area contributed by atoms with Crippen LogP contribution in [0.25, 0.3) is 0 Å². The van der Waals surface area contributed by atoms with Gasteiger partial charge in [-0.2, -0.15) is 5.26 Å². The number of hydrogen-bond acceptors (Lipinski definition) is 1. The van der Waals surface area contributed by atoms with Crippen LogP contribution in [-0.2, 0) is 5.41 Å². The Labute approximate surface area is 102 Å². The van der Waals surface area contributed by atoms with Crippen molar-refractivity contribution in [2.24, 2.45) is 11.3 Å². The number of halogens is 1. The van der Waals surface area contributed by atoms with Gasteiger partial charge in [0, 0.05) is 0 Å². The minimum Gasteiger partial charge on any atom is -0.207 e. The predicted molar refractivity (Wildman–Crippen MR) is 65.9 cm³/mol. The summed E-state index contributed by atoms with van der Waals surface area (Å²) in [5.74, 6) is 0.334. The van der Waals surface area contributed by atoms with E-state index in [4.69, 9.17) is 0 Å². The first kappa shape index (κ1) is 12.1. The van der Waals surface area contributed by atoms with Crippen LogP contribution in [0.2, 0.25) is 0 Å². The third-order valence-electron chi connectivity index (χ3n) is 4.03. The summed E-state index contributed by atoms with van der Waals surface area (Å²) in [6.45, 7) is 6.64. The van der Waals surface area contributed by atoms with E-state index in [2.05, 4.69) is 26.8 Å². The van der Waals surface area contributed by atoms with Crippen LogP contribution in [0.3, 0.4) is 0 Å². The van der Waals surface area contributed by atoms with E-state index in [0.717, 1.165) is 18.4 Å². The molecule has 0 bridgehead atoms. The van der Waals surface area contributed by atoms with E-state index in [1.807, 2.05) is 0 Å². The second-order valence-corrected chi connectivity index (χ2v) is 6.17. The molecule has 0 spiro atoms. The molecule has 0 aromatic heterocycles. The van der Waals surface area contributed by atoms with Crippen LogP contribution in [0.1, 0.15) is 39.2 Å². The van der Waals surface area contributed by atoms with Gasteiger partial charge in [0.2, 0.25) is 0 Å². The molecule has 0 saturated heterocycles. The number of rotatable bonds is 1. The van der Waals surface area contributed by atoms with Gasteiger partial charge in [-0.3, -0.25) is 0 Å². The smallest absolute Gasteiger partial charge is 0.123 e. The first-order chi connectivity index (χ1) is 7.87. The van der Waals surface area contributed by atoms with E-state index in [1.54, 1.807) is 12.1 Å². The summed E-state index contributed by atoms with van der Waals surface area (Å²) in [6, 6.07) is 8.81. The van der Waals surface area contributed by atoms with Gasteiger partial charge in [-0.25, -0.2) is 4.39 Å². The van der Waals surface area contributed by atoms with E-state index in [9.17, 15) is 9.65 Å². The van der Waals surface area contributed by atoms with Gasteiger partial charge in [-0.1, -0.05) is 32.9 Å². The molecule has 90 valence electrons. The monoisotopic (exact) mass is 231 g/mol. The van der Waals surface area contributed by atoms with Crippen molar-refractivity contribution in [3.8, 4) is 6.07 Å². The number of benzene rings is 1. The first-order valence-electron chi connectivity index (χ1n) is 6.05. The minimum absolute atomic E-state index is 0.242. The molecular formula is C15H18FN. The molecule has 0 radical (unpaired) electrons. The molecule has 1 nitrogen and oxygen atoms in total. The Kier molecular flexibility index (Phi) is 2.73. The zero-order chi connectivity index (χ0) is 12.7. The van der Waals surface area contributed by atoms with Crippen molar-refractivity contribution in [1.29, 1.82) is 5.26 Å². The molecule has 1 saturated carbocycles. The quantitative estimate of drug-likeness (QED) is 0.715. The fourth-order valence-corrected chi connectivity index (χ4v) is 2.55. The third-order valence-corrected chi connectivity index (χ3v) is 4.03. The molecule has 1 aliphatic carbocycles. The zero-order valence-electron chi connectivity index (χ0n) is 10.6. The highest BCUT2D eigenvalue weighted by Gasteiger charge is 2.49. The van der Waals surface area contributed by atoms with Crippen molar-refractivity contribution in [1.82, 2.24) is 0 Å². The summed E-state index contributed by atoms with van der Waals surface area (Å²) in [5.41, 5.74) is 0.827. The van der Waals surface area contributed by atoms with Gasteiger partial charge in [-0.05, 0) is 41.9 Å². The molecule has 1 aromatic carbocycles. The van der Waals surface area contributed by atoms with Crippen LogP contribution in [0.15, 0.2) is 24.3 Å². The van der Waals surface area contributed by atoms with Crippen molar-refractivity contribution >= 4 is 0 Å². The van der Waals surface area contributed by atoms with E-state index in [1.165, 1.54) is 12.1 Å². The Morgan fingerprint density at radius 2 is 1.76 bits per heavy atom. The lowest BCUT2D eigenvalue weighted by Crippen LogP contribution is -2.45. The summed E-state index contributed by atoms with van der Waals surface area (Å²) in [6.07, 6.45) is 1.78. The van der Waals surface area contributed by atoms with Gasteiger partial charge < -0.3 is 0 Å². The minimum atomic E-state index is -0.383. The molecular weight excluding hydrogens is 213 g/mol. The molecule has 0 atom stereocenters. The Morgan fingerprint density at radius 1 is 1.24 bits per heavy atom. The highest BCUT2D eigenvalue weighted by molar-refractivity contribution is 5.36. The topological polar surface area (TPSA) is 23.8 Å². The molecule has 2 heteroatoms. The maximum absolute atomic E-state index is 12.9. The summed E-state index contributed by atoms with van der Waals surface area (Å²) in [4.78, 5) is 0. The highest BCUT2D eigenvalue weighted by Crippen LogP contribution is 2.53. The molecule has 0 unspecified atom stereocenters. The Bertz CT molecular complexity index is 441. The lowest BCUT2D eigenvalue weighted by molar-refractivity contribution is 0.0782. The second kappa shape index (κ2) is 3.84. The normalized spacial score (nSPS) is 28.3. The lowest BCUT2D eigenvalue weighted by atomic mass is 9.53. The average molecular weight is 231 g/mol. The molecule has 2 rings (SSSR count). The molecule has 0 aliphatic heterocycles. The maximum atomic E-state index is 12.9. The molecule has 0 heterocycles. The van der Waals surface area contributed by atoms with Crippen molar-refractivity contribution in [2.75, 3.05) is 0 Å². The number of nitriles is 1. The fourth-order valence-electron chi connectivity index (χ4n) is 2.55. The largest absolute Gasteiger partial charge is 0.207 e. The molecule has 17 heavy (non-hydrogen) atoms. The van der Waals surface area contributed by atoms with Crippen LogP contribution in [0.4, 0.5) is 4.39 Å². The van der Waals surface area contributed by atoms with Gasteiger partial charge in [0.25, 0.3) is 0 Å². The summed E-state index contributed by atoms with van der Waals surface area (Å²) >= 11 is 0. The van der Waals surface area contributed by atoms with Gasteiger partial charge in [-0.15, -0.1) is 0 Å². The standard InChI is InChI=1S/C15H18FN/c1-14(2,3)12-8-15(9-12,10-17)11-4-6-13(16)7-5-11/h4-7,12H,8-9H2,1-3H3. The van der Waals surface area contributed by atoms with Crippen molar-refractivity contribution < 1.29 is 4.39 Å². The van der Waals surface area contributed by atoms with Crippen LogP contribution < -0.4 is 0 Å². The van der Waals surface area contributed by atoms with Gasteiger partial charge in [0.15, 0.2) is 0 Å². The molecule has 1 fully saturated rings. The number of hydrogen-bond donors (Lipinski definition) is 0.